The maximum Gasteiger partial charge on any atom is 0.293 e. The molecule has 1 heterocycles. The van der Waals surface area contributed by atoms with Gasteiger partial charge in [-0.15, -0.1) is 0 Å². The van der Waals surface area contributed by atoms with Gasteiger partial charge in [-0.25, -0.2) is 0 Å². The number of hydrogen-bond donors (Lipinski definition) is 1. The molecule has 3 rings (SSSR count). The van der Waals surface area contributed by atoms with Crippen LogP contribution in [0.2, 0.25) is 10.0 Å². The van der Waals surface area contributed by atoms with Crippen molar-refractivity contribution in [2.45, 2.75) is 6.92 Å². The van der Waals surface area contributed by atoms with E-state index in [4.69, 9.17) is 23.2 Å². The Labute approximate surface area is 183 Å². The van der Waals surface area contributed by atoms with Crippen molar-refractivity contribution < 1.29 is 14.5 Å². The summed E-state index contributed by atoms with van der Waals surface area (Å²) in [6.07, 6.45) is 0. The smallest absolute Gasteiger partial charge is 0.293 e. The second kappa shape index (κ2) is 9.42. The monoisotopic (exact) mass is 450 g/mol. The van der Waals surface area contributed by atoms with Gasteiger partial charge in [-0.3, -0.25) is 24.6 Å². The minimum Gasteiger partial charge on any atom is -0.336 e. The van der Waals surface area contributed by atoms with E-state index in [1.165, 1.54) is 18.2 Å². The van der Waals surface area contributed by atoms with E-state index in [9.17, 15) is 19.7 Å². The molecule has 0 unspecified atom stereocenters. The van der Waals surface area contributed by atoms with Gasteiger partial charge in [-0.05, 0) is 36.8 Å². The molecular weight excluding hydrogens is 431 g/mol. The first kappa shape index (κ1) is 22.0. The van der Waals surface area contributed by atoms with Crippen LogP contribution in [0.25, 0.3) is 0 Å². The Morgan fingerprint density at radius 3 is 2.43 bits per heavy atom. The predicted molar refractivity (Wildman–Crippen MR) is 115 cm³/mol. The summed E-state index contributed by atoms with van der Waals surface area (Å²) in [5.74, 6) is -0.529. The molecule has 0 aromatic heterocycles. The number of nitrogens with zero attached hydrogens (tertiary/aromatic N) is 3. The molecule has 1 aliphatic heterocycles. The third kappa shape index (κ3) is 5.27. The largest absolute Gasteiger partial charge is 0.336 e. The molecule has 8 nitrogen and oxygen atoms in total. The molecule has 2 aromatic carbocycles. The summed E-state index contributed by atoms with van der Waals surface area (Å²) < 4.78 is 0. The lowest BCUT2D eigenvalue weighted by Crippen LogP contribution is -2.50. The predicted octanol–water partition coefficient (Wildman–Crippen LogP) is 3.61. The van der Waals surface area contributed by atoms with Crippen LogP contribution in [0.5, 0.6) is 0 Å². The van der Waals surface area contributed by atoms with E-state index >= 15 is 0 Å². The van der Waals surface area contributed by atoms with Gasteiger partial charge in [0.2, 0.25) is 5.91 Å². The SMILES string of the molecule is Cc1ccc(NC(=O)CN2CCN(C(=O)c3ccc(Cl)cc3Cl)CC2)c([N+](=O)[O-])c1. The molecule has 2 amide bonds. The molecular formula is C20H20Cl2N4O4. The molecule has 0 spiro atoms. The van der Waals surface area contributed by atoms with Crippen molar-refractivity contribution in [1.29, 1.82) is 0 Å². The van der Waals surface area contributed by atoms with Crippen LogP contribution in [0.15, 0.2) is 36.4 Å². The summed E-state index contributed by atoms with van der Waals surface area (Å²) in [6.45, 7) is 3.71. The van der Waals surface area contributed by atoms with Crippen molar-refractivity contribution in [2.75, 3.05) is 38.0 Å². The van der Waals surface area contributed by atoms with Crippen LogP contribution in [0.4, 0.5) is 11.4 Å². The van der Waals surface area contributed by atoms with Crippen molar-refractivity contribution >= 4 is 46.4 Å². The van der Waals surface area contributed by atoms with E-state index in [-0.39, 0.29) is 29.7 Å². The summed E-state index contributed by atoms with van der Waals surface area (Å²) in [4.78, 5) is 39.3. The number of nitro groups is 1. The van der Waals surface area contributed by atoms with Crippen LogP contribution in [0, 0.1) is 17.0 Å². The average Bonchev–Trinajstić information content (AvgIpc) is 2.69. The van der Waals surface area contributed by atoms with E-state index in [0.29, 0.717) is 41.8 Å². The third-order valence-corrected chi connectivity index (χ3v) is 5.36. The standard InChI is InChI=1S/C20H20Cl2N4O4/c1-13-2-5-17(18(10-13)26(29)30)23-19(27)12-24-6-8-25(9-7-24)20(28)15-4-3-14(21)11-16(15)22/h2-5,10-11H,6-9,12H2,1H3,(H,23,27). The Hall–Kier alpha value is -2.68. The fraction of sp³-hybridized carbons (Fsp3) is 0.300. The number of piperazine rings is 1. The number of aryl methyl sites for hydroxylation is 1. The molecule has 0 bridgehead atoms. The second-order valence-corrected chi connectivity index (χ2v) is 7.86. The van der Waals surface area contributed by atoms with Crippen molar-refractivity contribution in [3.8, 4) is 0 Å². The fourth-order valence-electron chi connectivity index (χ4n) is 3.23. The number of halogens is 2. The van der Waals surface area contributed by atoms with Gasteiger partial charge in [-0.2, -0.15) is 0 Å². The van der Waals surface area contributed by atoms with Crippen molar-refractivity contribution in [1.82, 2.24) is 9.80 Å². The van der Waals surface area contributed by atoms with Crippen LogP contribution in [0.1, 0.15) is 15.9 Å². The number of rotatable bonds is 5. The summed E-state index contributed by atoms with van der Waals surface area (Å²) in [6, 6.07) is 9.39. The molecule has 0 aliphatic carbocycles. The van der Waals surface area contributed by atoms with Gasteiger partial charge in [-0.1, -0.05) is 29.3 Å². The maximum atomic E-state index is 12.7. The van der Waals surface area contributed by atoms with E-state index in [1.54, 1.807) is 30.0 Å². The molecule has 1 saturated heterocycles. The maximum absolute atomic E-state index is 12.7. The highest BCUT2D eigenvalue weighted by molar-refractivity contribution is 6.36. The van der Waals surface area contributed by atoms with E-state index in [2.05, 4.69) is 5.32 Å². The minimum absolute atomic E-state index is 0.0781. The molecule has 30 heavy (non-hydrogen) atoms. The van der Waals surface area contributed by atoms with E-state index in [0.717, 1.165) is 5.56 Å². The number of anilines is 1. The fourth-order valence-corrected chi connectivity index (χ4v) is 3.72. The molecule has 0 radical (unpaired) electrons. The zero-order chi connectivity index (χ0) is 21.8. The van der Waals surface area contributed by atoms with Gasteiger partial charge in [0.1, 0.15) is 5.69 Å². The zero-order valence-electron chi connectivity index (χ0n) is 16.2. The van der Waals surface area contributed by atoms with Crippen LogP contribution in [-0.4, -0.2) is 59.3 Å². The number of benzene rings is 2. The van der Waals surface area contributed by atoms with Gasteiger partial charge >= 0.3 is 0 Å². The molecule has 1 N–H and O–H groups in total. The molecule has 0 atom stereocenters. The number of carbonyl (C=O) groups excluding carboxylic acids is 2. The third-order valence-electron chi connectivity index (χ3n) is 4.81. The Morgan fingerprint density at radius 1 is 1.10 bits per heavy atom. The molecule has 10 heteroatoms. The van der Waals surface area contributed by atoms with Gasteiger partial charge < -0.3 is 10.2 Å². The summed E-state index contributed by atoms with van der Waals surface area (Å²) in [5.41, 5.74) is 1.15. The Balaban J connectivity index is 1.55. The summed E-state index contributed by atoms with van der Waals surface area (Å²) >= 11 is 12.0. The van der Waals surface area contributed by atoms with Gasteiger partial charge in [0.15, 0.2) is 0 Å². The van der Waals surface area contributed by atoms with Crippen LogP contribution in [0.3, 0.4) is 0 Å². The lowest BCUT2D eigenvalue weighted by molar-refractivity contribution is -0.384. The number of nitro benzene ring substituents is 1. The Kier molecular flexibility index (Phi) is 6.91. The van der Waals surface area contributed by atoms with Crippen LogP contribution in [-0.2, 0) is 4.79 Å². The Bertz CT molecular complexity index is 991. The first-order chi connectivity index (χ1) is 14.2. The highest BCUT2D eigenvalue weighted by Crippen LogP contribution is 2.25. The minimum atomic E-state index is -0.519. The number of nitrogens with one attached hydrogen (secondary N) is 1. The number of carbonyl (C=O) groups is 2. The van der Waals surface area contributed by atoms with E-state index < -0.39 is 4.92 Å². The zero-order valence-corrected chi connectivity index (χ0v) is 17.7. The number of hydrogen-bond acceptors (Lipinski definition) is 5. The summed E-state index contributed by atoms with van der Waals surface area (Å²) in [7, 11) is 0. The Morgan fingerprint density at radius 2 is 1.80 bits per heavy atom. The first-order valence-corrected chi connectivity index (χ1v) is 10.0. The van der Waals surface area contributed by atoms with Gasteiger partial charge in [0, 0.05) is 37.3 Å². The number of amides is 2. The second-order valence-electron chi connectivity index (χ2n) is 7.02. The van der Waals surface area contributed by atoms with Crippen molar-refractivity contribution in [3.63, 3.8) is 0 Å². The molecule has 158 valence electrons. The topological polar surface area (TPSA) is 95.8 Å². The molecule has 0 saturated carbocycles. The van der Waals surface area contributed by atoms with Crippen molar-refractivity contribution in [3.05, 3.63) is 67.7 Å². The highest BCUT2D eigenvalue weighted by atomic mass is 35.5. The highest BCUT2D eigenvalue weighted by Gasteiger charge is 2.25. The first-order valence-electron chi connectivity index (χ1n) is 9.26. The van der Waals surface area contributed by atoms with Crippen molar-refractivity contribution in [2.24, 2.45) is 0 Å². The normalized spacial score (nSPS) is 14.4. The molecule has 1 aliphatic rings. The summed E-state index contributed by atoms with van der Waals surface area (Å²) in [5, 5.41) is 14.6. The van der Waals surface area contributed by atoms with E-state index in [1.807, 2.05) is 4.90 Å². The van der Waals surface area contributed by atoms with Gasteiger partial charge in [0.25, 0.3) is 11.6 Å². The molecule has 2 aromatic rings. The van der Waals surface area contributed by atoms with Gasteiger partial charge in [0.05, 0.1) is 22.1 Å². The van der Waals surface area contributed by atoms with Crippen LogP contribution < -0.4 is 5.32 Å². The lowest BCUT2D eigenvalue weighted by atomic mass is 10.1. The van der Waals surface area contributed by atoms with Crippen LogP contribution >= 0.6 is 23.2 Å². The lowest BCUT2D eigenvalue weighted by Gasteiger charge is -2.34. The molecule has 1 fully saturated rings. The average molecular weight is 451 g/mol. The quantitative estimate of drug-likeness (QED) is 0.554.